The molecule has 186 valence electrons. The summed E-state index contributed by atoms with van der Waals surface area (Å²) in [6.45, 7) is 1.44. The molecule has 0 unspecified atom stereocenters. The maximum absolute atomic E-state index is 13.3. The minimum absolute atomic E-state index is 0.159. The summed E-state index contributed by atoms with van der Waals surface area (Å²) in [5.41, 5.74) is 2.29. The molecule has 6 heterocycles. The van der Waals surface area contributed by atoms with E-state index >= 15 is 0 Å². The molecule has 5 aromatic rings. The zero-order valence-electron chi connectivity index (χ0n) is 19.3. The van der Waals surface area contributed by atoms with Crippen molar-refractivity contribution in [1.82, 2.24) is 39.6 Å². The summed E-state index contributed by atoms with van der Waals surface area (Å²) in [5.74, 6) is -2.94. The van der Waals surface area contributed by atoms with Gasteiger partial charge in [0.1, 0.15) is 21.3 Å². The van der Waals surface area contributed by atoms with Gasteiger partial charge in [0.05, 0.1) is 22.2 Å². The number of carbonyl (C=O) groups is 1. The van der Waals surface area contributed by atoms with Gasteiger partial charge in [-0.05, 0) is 6.07 Å². The molecule has 2 N–H and O–H groups in total. The molecule has 0 bridgehead atoms. The van der Waals surface area contributed by atoms with E-state index in [1.54, 1.807) is 21.5 Å². The molecule has 5 aromatic heterocycles. The number of pyridine rings is 2. The fraction of sp³-hybridized carbons (Fsp3) is 0.348. The lowest BCUT2D eigenvalue weighted by Crippen LogP contribution is -2.43. The predicted octanol–water partition coefficient (Wildman–Crippen LogP) is 2.65. The maximum Gasteiger partial charge on any atom is 0.261 e. The first-order chi connectivity index (χ1) is 17.3. The van der Waals surface area contributed by atoms with Crippen LogP contribution in [0, 0.1) is 0 Å². The van der Waals surface area contributed by atoms with Crippen molar-refractivity contribution in [3.8, 4) is 10.4 Å². The van der Waals surface area contributed by atoms with Crippen LogP contribution in [0.15, 0.2) is 35.6 Å². The second-order valence-electron chi connectivity index (χ2n) is 9.00. The van der Waals surface area contributed by atoms with E-state index < -0.39 is 5.92 Å². The van der Waals surface area contributed by atoms with E-state index in [2.05, 4.69) is 25.5 Å². The van der Waals surface area contributed by atoms with Crippen molar-refractivity contribution < 1.29 is 13.6 Å². The highest BCUT2D eigenvalue weighted by Gasteiger charge is 2.33. The minimum Gasteiger partial charge on any atom is -0.351 e. The number of hydrogen-bond acceptors (Lipinski definition) is 7. The number of aromatic amines is 1. The largest absolute Gasteiger partial charge is 0.351 e. The topological polar surface area (TPSA) is 113 Å². The number of halogens is 2. The zero-order chi connectivity index (χ0) is 25.0. The van der Waals surface area contributed by atoms with Gasteiger partial charge in [-0.3, -0.25) is 19.3 Å². The first-order valence-electron chi connectivity index (χ1n) is 11.5. The van der Waals surface area contributed by atoms with E-state index in [0.717, 1.165) is 10.4 Å². The van der Waals surface area contributed by atoms with Crippen molar-refractivity contribution in [3.63, 3.8) is 0 Å². The third-order valence-electron chi connectivity index (χ3n) is 6.45. The van der Waals surface area contributed by atoms with Gasteiger partial charge in [-0.2, -0.15) is 10.2 Å². The van der Waals surface area contributed by atoms with Gasteiger partial charge < -0.3 is 15.2 Å². The zero-order valence-corrected chi connectivity index (χ0v) is 20.1. The summed E-state index contributed by atoms with van der Waals surface area (Å²) in [6, 6.07) is 1.58. The van der Waals surface area contributed by atoms with Gasteiger partial charge in [0, 0.05) is 70.2 Å². The second kappa shape index (κ2) is 8.45. The Hall–Kier alpha value is -3.71. The molecule has 1 amide bonds. The van der Waals surface area contributed by atoms with Crippen molar-refractivity contribution in [3.05, 3.63) is 46.8 Å². The number of fused-ring (bicyclic) bond motifs is 5. The predicted molar refractivity (Wildman–Crippen MR) is 132 cm³/mol. The Labute approximate surface area is 206 Å². The van der Waals surface area contributed by atoms with Crippen LogP contribution < -0.4 is 10.9 Å². The van der Waals surface area contributed by atoms with Crippen molar-refractivity contribution in [2.45, 2.75) is 18.8 Å². The Balaban J connectivity index is 1.23. The maximum atomic E-state index is 13.3. The van der Waals surface area contributed by atoms with Gasteiger partial charge in [0.25, 0.3) is 17.4 Å². The summed E-state index contributed by atoms with van der Waals surface area (Å²) < 4.78 is 30.0. The molecule has 0 aromatic carbocycles. The number of alkyl halides is 2. The molecule has 10 nitrogen and oxygen atoms in total. The molecule has 36 heavy (non-hydrogen) atoms. The van der Waals surface area contributed by atoms with Crippen LogP contribution in [0.25, 0.3) is 37.2 Å². The van der Waals surface area contributed by atoms with Crippen LogP contribution in [-0.2, 0) is 7.05 Å². The average Bonchev–Trinajstić information content (AvgIpc) is 3.54. The summed E-state index contributed by atoms with van der Waals surface area (Å²) >= 11 is 1.44. The van der Waals surface area contributed by atoms with Crippen LogP contribution in [0.2, 0.25) is 0 Å². The first kappa shape index (κ1) is 22.7. The van der Waals surface area contributed by atoms with Crippen molar-refractivity contribution in [1.29, 1.82) is 0 Å². The normalized spacial score (nSPS) is 16.3. The summed E-state index contributed by atoms with van der Waals surface area (Å²) in [6.07, 6.45) is 6.64. The number of piperidine rings is 1. The van der Waals surface area contributed by atoms with Gasteiger partial charge in [-0.15, -0.1) is 11.3 Å². The highest BCUT2D eigenvalue weighted by Crippen LogP contribution is 2.33. The van der Waals surface area contributed by atoms with E-state index in [-0.39, 0.29) is 24.3 Å². The smallest absolute Gasteiger partial charge is 0.261 e. The standard InChI is InChI=1S/C23H22F2N8O2S/c1-31-11-14(10-28-31)16-12-33-22(36-16)17-19(30-33)18-15(29-21(17)35)8-13(9-27-18)20(34)26-4-7-32-5-2-23(24,25)3-6-32/h8-12H,2-7H2,1H3,(H,26,34)(H,29,35). The monoisotopic (exact) mass is 512 g/mol. The highest BCUT2D eigenvalue weighted by atomic mass is 32.1. The highest BCUT2D eigenvalue weighted by molar-refractivity contribution is 7.21. The van der Waals surface area contributed by atoms with Gasteiger partial charge in [0.15, 0.2) is 0 Å². The molecule has 13 heteroatoms. The number of nitrogens with zero attached hydrogens (tertiary/aromatic N) is 6. The Morgan fingerprint density at radius 2 is 2.03 bits per heavy atom. The lowest BCUT2D eigenvalue weighted by atomic mass is 10.1. The number of amides is 1. The Morgan fingerprint density at radius 1 is 1.22 bits per heavy atom. The van der Waals surface area contributed by atoms with E-state index in [1.165, 1.54) is 17.5 Å². The second-order valence-corrected chi connectivity index (χ2v) is 10.0. The van der Waals surface area contributed by atoms with Crippen LogP contribution >= 0.6 is 11.3 Å². The van der Waals surface area contributed by atoms with E-state index in [4.69, 9.17) is 0 Å². The van der Waals surface area contributed by atoms with Crippen LogP contribution in [0.5, 0.6) is 0 Å². The van der Waals surface area contributed by atoms with E-state index in [0.29, 0.717) is 58.5 Å². The van der Waals surface area contributed by atoms with Crippen LogP contribution in [0.1, 0.15) is 23.2 Å². The van der Waals surface area contributed by atoms with Crippen molar-refractivity contribution >= 4 is 44.0 Å². The SMILES string of the molecule is Cn1cc(-c2cn3nc4c5ncc(C(=O)NCCN6CCC(F)(F)CC6)cc5[nH]c(=O)c4c3s2)cn1. The number of aryl methyl sites for hydroxylation is 1. The number of hydrogen-bond donors (Lipinski definition) is 2. The van der Waals surface area contributed by atoms with E-state index in [1.807, 2.05) is 24.3 Å². The fourth-order valence-corrected chi connectivity index (χ4v) is 5.55. The number of likely N-dealkylation sites (tertiary alicyclic amines) is 1. The summed E-state index contributed by atoms with van der Waals surface area (Å²) in [7, 11) is 1.84. The van der Waals surface area contributed by atoms with Crippen LogP contribution in [0.3, 0.4) is 0 Å². The van der Waals surface area contributed by atoms with Crippen LogP contribution in [-0.4, -0.2) is 72.3 Å². The summed E-state index contributed by atoms with van der Waals surface area (Å²) in [4.78, 5) is 36.5. The Bertz CT molecular complexity index is 1670. The molecular weight excluding hydrogens is 490 g/mol. The Morgan fingerprint density at radius 3 is 2.78 bits per heavy atom. The number of carbonyl (C=O) groups excluding carboxylic acids is 1. The molecule has 1 aliphatic heterocycles. The fourth-order valence-electron chi connectivity index (χ4n) is 4.49. The van der Waals surface area contributed by atoms with Gasteiger partial charge in [0.2, 0.25) is 0 Å². The number of thiazole rings is 1. The Kier molecular flexibility index (Phi) is 5.34. The first-order valence-corrected chi connectivity index (χ1v) is 12.3. The molecule has 0 aliphatic carbocycles. The molecule has 0 atom stereocenters. The minimum atomic E-state index is -2.59. The number of H-pyrrole nitrogens is 1. The van der Waals surface area contributed by atoms with Gasteiger partial charge in [-0.1, -0.05) is 0 Å². The lowest BCUT2D eigenvalue weighted by Gasteiger charge is -2.31. The summed E-state index contributed by atoms with van der Waals surface area (Å²) in [5, 5.41) is 12.0. The molecule has 6 rings (SSSR count). The van der Waals surface area contributed by atoms with E-state index in [9.17, 15) is 18.4 Å². The molecule has 0 saturated carbocycles. The van der Waals surface area contributed by atoms with Crippen molar-refractivity contribution in [2.24, 2.45) is 7.05 Å². The number of aromatic nitrogens is 6. The lowest BCUT2D eigenvalue weighted by molar-refractivity contribution is -0.0547. The molecule has 1 saturated heterocycles. The molecule has 1 aliphatic rings. The molecular formula is C23H22F2N8O2S. The third-order valence-corrected chi connectivity index (χ3v) is 7.60. The van der Waals surface area contributed by atoms with Crippen LogP contribution in [0.4, 0.5) is 8.78 Å². The molecule has 1 fully saturated rings. The quantitative estimate of drug-likeness (QED) is 0.374. The molecule has 0 spiro atoms. The molecule has 0 radical (unpaired) electrons. The van der Waals surface area contributed by atoms with Gasteiger partial charge in [-0.25, -0.2) is 13.3 Å². The third kappa shape index (κ3) is 4.03. The van der Waals surface area contributed by atoms with Crippen molar-refractivity contribution in [2.75, 3.05) is 26.2 Å². The average molecular weight is 513 g/mol. The van der Waals surface area contributed by atoms with Gasteiger partial charge >= 0.3 is 0 Å². The number of rotatable bonds is 5. The number of nitrogens with one attached hydrogen (secondary N) is 2.